The molecule has 1 spiro atoms. The zero-order valence-electron chi connectivity index (χ0n) is 18.7. The molecule has 7 nitrogen and oxygen atoms in total. The van der Waals surface area contributed by atoms with Crippen LogP contribution in [0.15, 0.2) is 42.5 Å². The van der Waals surface area contributed by atoms with Crippen molar-refractivity contribution >= 4 is 17.7 Å². The maximum Gasteiger partial charge on any atom is 0.246 e. The van der Waals surface area contributed by atoms with Crippen molar-refractivity contribution in [1.29, 1.82) is 0 Å². The van der Waals surface area contributed by atoms with Crippen LogP contribution in [-0.4, -0.2) is 52.5 Å². The van der Waals surface area contributed by atoms with Gasteiger partial charge in [-0.05, 0) is 31.2 Å². The molecule has 0 radical (unpaired) electrons. The Labute approximate surface area is 193 Å². The highest BCUT2D eigenvalue weighted by Gasteiger charge is 2.74. The molecule has 2 bridgehead atoms. The quantitative estimate of drug-likeness (QED) is 0.651. The molecule has 3 amide bonds. The van der Waals surface area contributed by atoms with Crippen LogP contribution in [0.25, 0.3) is 0 Å². The molecule has 0 aromatic heterocycles. The van der Waals surface area contributed by atoms with Crippen molar-refractivity contribution in [1.82, 2.24) is 15.5 Å². The smallest absolute Gasteiger partial charge is 0.246 e. The first-order valence-corrected chi connectivity index (χ1v) is 12.4. The Morgan fingerprint density at radius 2 is 1.79 bits per heavy atom. The van der Waals surface area contributed by atoms with E-state index in [1.54, 1.807) is 4.90 Å². The van der Waals surface area contributed by atoms with Gasteiger partial charge in [-0.2, -0.15) is 0 Å². The van der Waals surface area contributed by atoms with E-state index in [4.69, 9.17) is 4.74 Å². The summed E-state index contributed by atoms with van der Waals surface area (Å²) in [4.78, 5) is 42.3. The Morgan fingerprint density at radius 1 is 1.03 bits per heavy atom. The highest BCUT2D eigenvalue weighted by molar-refractivity contribution is 6.00. The van der Waals surface area contributed by atoms with Gasteiger partial charge in [-0.25, -0.2) is 0 Å². The van der Waals surface area contributed by atoms with Crippen molar-refractivity contribution in [3.8, 4) is 0 Å². The first kappa shape index (κ1) is 20.9. The average molecular weight is 450 g/mol. The Bertz CT molecular complexity index is 985. The lowest BCUT2D eigenvalue weighted by Crippen LogP contribution is -2.57. The van der Waals surface area contributed by atoms with Crippen molar-refractivity contribution in [2.75, 3.05) is 0 Å². The number of carbonyl (C=O) groups is 3. The Hall–Kier alpha value is -2.67. The van der Waals surface area contributed by atoms with E-state index in [9.17, 15) is 14.4 Å². The number of ether oxygens (including phenoxy) is 1. The van der Waals surface area contributed by atoms with E-state index in [1.807, 2.05) is 42.5 Å². The van der Waals surface area contributed by atoms with Crippen LogP contribution < -0.4 is 10.6 Å². The van der Waals surface area contributed by atoms with Gasteiger partial charge in [0.05, 0.1) is 17.9 Å². The third kappa shape index (κ3) is 3.39. The molecule has 1 aromatic carbocycles. The average Bonchev–Trinajstić information content (AvgIpc) is 3.43. The van der Waals surface area contributed by atoms with E-state index in [1.165, 1.54) is 6.42 Å². The summed E-state index contributed by atoms with van der Waals surface area (Å²) in [7, 11) is 0. The van der Waals surface area contributed by atoms with Crippen molar-refractivity contribution in [2.24, 2.45) is 11.8 Å². The van der Waals surface area contributed by atoms with Gasteiger partial charge in [0.15, 0.2) is 0 Å². The van der Waals surface area contributed by atoms with Gasteiger partial charge in [0.1, 0.15) is 11.6 Å². The van der Waals surface area contributed by atoms with Crippen LogP contribution in [0.2, 0.25) is 0 Å². The number of hydrogen-bond donors (Lipinski definition) is 2. The van der Waals surface area contributed by atoms with Gasteiger partial charge in [0, 0.05) is 18.6 Å². The summed E-state index contributed by atoms with van der Waals surface area (Å²) in [6.45, 7) is 0.401. The third-order valence-corrected chi connectivity index (χ3v) is 8.06. The molecule has 2 N–H and O–H groups in total. The molecule has 5 atom stereocenters. The highest BCUT2D eigenvalue weighted by atomic mass is 16.5. The molecule has 6 rings (SSSR count). The molecule has 2 saturated carbocycles. The summed E-state index contributed by atoms with van der Waals surface area (Å²) in [6.07, 6.45) is 10.5. The van der Waals surface area contributed by atoms with E-state index >= 15 is 0 Å². The van der Waals surface area contributed by atoms with Crippen LogP contribution in [-0.2, 0) is 25.7 Å². The zero-order valence-corrected chi connectivity index (χ0v) is 18.7. The van der Waals surface area contributed by atoms with Crippen molar-refractivity contribution in [3.63, 3.8) is 0 Å². The van der Waals surface area contributed by atoms with E-state index in [2.05, 4.69) is 10.6 Å². The molecule has 2 aliphatic carbocycles. The van der Waals surface area contributed by atoms with Gasteiger partial charge < -0.3 is 20.3 Å². The largest absolute Gasteiger partial charge is 0.359 e. The summed E-state index contributed by atoms with van der Waals surface area (Å²) >= 11 is 0. The lowest BCUT2D eigenvalue weighted by atomic mass is 9.74. The van der Waals surface area contributed by atoms with E-state index in [-0.39, 0.29) is 29.8 Å². The number of nitrogens with one attached hydrogen (secondary N) is 2. The van der Waals surface area contributed by atoms with Gasteiger partial charge in [-0.1, -0.05) is 61.7 Å². The minimum Gasteiger partial charge on any atom is -0.359 e. The number of likely N-dealkylation sites (tertiary alicyclic amines) is 1. The Balaban J connectivity index is 1.25. The molecule has 3 aliphatic heterocycles. The first-order valence-electron chi connectivity index (χ1n) is 12.4. The molecule has 174 valence electrons. The number of rotatable bonds is 6. The van der Waals surface area contributed by atoms with E-state index in [0.29, 0.717) is 6.54 Å². The molecule has 3 heterocycles. The second-order valence-corrected chi connectivity index (χ2v) is 10.2. The summed E-state index contributed by atoms with van der Waals surface area (Å²) in [5.41, 5.74) is -0.0417. The minimum atomic E-state index is -1.04. The third-order valence-electron chi connectivity index (χ3n) is 8.06. The van der Waals surface area contributed by atoms with Crippen LogP contribution >= 0.6 is 0 Å². The molecular formula is C26H31N3O4. The second kappa shape index (κ2) is 7.97. The number of fused-ring (bicyclic) bond motifs is 1. The van der Waals surface area contributed by atoms with Crippen molar-refractivity contribution in [2.45, 2.75) is 81.3 Å². The molecule has 2 saturated heterocycles. The summed E-state index contributed by atoms with van der Waals surface area (Å²) in [6, 6.07) is 9.26. The Kier molecular flexibility index (Phi) is 5.05. The Morgan fingerprint density at radius 3 is 2.52 bits per heavy atom. The van der Waals surface area contributed by atoms with Crippen LogP contribution in [0.5, 0.6) is 0 Å². The summed E-state index contributed by atoms with van der Waals surface area (Å²) < 4.78 is 6.38. The number of carbonyl (C=O) groups excluding carboxylic acids is 3. The molecule has 1 aromatic rings. The normalized spacial score (nSPS) is 35.0. The predicted octanol–water partition coefficient (Wildman–Crippen LogP) is 2.06. The molecule has 4 fully saturated rings. The SMILES string of the molecule is O=C(NCc1ccccc1)[C@@H]1[C@@H]2C=C[C@]3(O2)[C@@H]1C(=O)N(C1CC1)[C@@H]3C(=O)NC1CCCCC1. The second-order valence-electron chi connectivity index (χ2n) is 10.2. The van der Waals surface area contributed by atoms with E-state index in [0.717, 1.165) is 44.1 Å². The van der Waals surface area contributed by atoms with Crippen LogP contribution in [0.3, 0.4) is 0 Å². The topological polar surface area (TPSA) is 87.7 Å². The van der Waals surface area contributed by atoms with Crippen LogP contribution in [0.1, 0.15) is 50.5 Å². The fourth-order valence-corrected chi connectivity index (χ4v) is 6.38. The van der Waals surface area contributed by atoms with Crippen LogP contribution in [0, 0.1) is 11.8 Å². The molecule has 5 aliphatic rings. The molecule has 33 heavy (non-hydrogen) atoms. The predicted molar refractivity (Wildman–Crippen MR) is 121 cm³/mol. The van der Waals surface area contributed by atoms with Gasteiger partial charge >= 0.3 is 0 Å². The molecular weight excluding hydrogens is 418 g/mol. The van der Waals surface area contributed by atoms with E-state index < -0.39 is 29.6 Å². The maximum absolute atomic E-state index is 13.7. The molecule has 0 unspecified atom stereocenters. The number of benzene rings is 1. The fourth-order valence-electron chi connectivity index (χ4n) is 6.38. The minimum absolute atomic E-state index is 0.0728. The number of nitrogens with zero attached hydrogens (tertiary/aromatic N) is 1. The fraction of sp³-hybridized carbons (Fsp3) is 0.577. The lowest BCUT2D eigenvalue weighted by molar-refractivity contribution is -0.142. The maximum atomic E-state index is 13.7. The summed E-state index contributed by atoms with van der Waals surface area (Å²) in [5.74, 6) is -1.67. The zero-order chi connectivity index (χ0) is 22.6. The van der Waals surface area contributed by atoms with Crippen molar-refractivity contribution in [3.05, 3.63) is 48.0 Å². The number of amides is 3. The van der Waals surface area contributed by atoms with Gasteiger partial charge in [0.2, 0.25) is 17.7 Å². The van der Waals surface area contributed by atoms with Crippen molar-refractivity contribution < 1.29 is 19.1 Å². The summed E-state index contributed by atoms with van der Waals surface area (Å²) in [5, 5.41) is 6.23. The number of hydrogen-bond acceptors (Lipinski definition) is 4. The standard InChI is InChI=1S/C26H31N3O4/c30-23(27-15-16-7-3-1-4-8-16)20-19-13-14-26(33-19)21(20)25(32)29(18-11-12-18)22(26)24(31)28-17-9-5-2-6-10-17/h1,3-4,7-8,13-14,17-22H,2,5-6,9-12,15H2,(H,27,30)(H,28,31)/t19-,20+,21-,22+,26-/m0/s1. The lowest BCUT2D eigenvalue weighted by Gasteiger charge is -2.34. The van der Waals surface area contributed by atoms with Gasteiger partial charge in [-0.3, -0.25) is 14.4 Å². The monoisotopic (exact) mass is 449 g/mol. The highest BCUT2D eigenvalue weighted by Crippen LogP contribution is 2.57. The van der Waals surface area contributed by atoms with Crippen LogP contribution in [0.4, 0.5) is 0 Å². The van der Waals surface area contributed by atoms with Gasteiger partial charge in [0.25, 0.3) is 0 Å². The molecule has 7 heteroatoms. The van der Waals surface area contributed by atoms with Gasteiger partial charge in [-0.15, -0.1) is 0 Å². The first-order chi connectivity index (χ1) is 16.1.